The fraction of sp³-hybridized carbons (Fsp3) is 0.400. The highest BCUT2D eigenvalue weighted by Crippen LogP contribution is 2.37. The smallest absolute Gasteiger partial charge is 0.229 e. The molecule has 0 aromatic heterocycles. The zero-order chi connectivity index (χ0) is 10.1. The number of nitrogens with zero attached hydrogens (tertiary/aromatic N) is 1. The Bertz CT molecular complexity index is 367. The summed E-state index contributed by atoms with van der Waals surface area (Å²) in [5.41, 5.74) is 2.41. The van der Waals surface area contributed by atoms with E-state index in [1.165, 1.54) is 5.56 Å². The SMILES string of the molecule is O=[N+]([O-])C1CCc2ccccc2C1I. The highest BCUT2D eigenvalue weighted by Gasteiger charge is 2.35. The minimum atomic E-state index is -0.412. The molecule has 1 aromatic carbocycles. The van der Waals surface area contributed by atoms with Crippen molar-refractivity contribution in [3.63, 3.8) is 0 Å². The van der Waals surface area contributed by atoms with Gasteiger partial charge in [0.05, 0.1) is 0 Å². The lowest BCUT2D eigenvalue weighted by Gasteiger charge is -2.23. The fourth-order valence-corrected chi connectivity index (χ4v) is 3.13. The van der Waals surface area contributed by atoms with E-state index in [2.05, 4.69) is 28.7 Å². The summed E-state index contributed by atoms with van der Waals surface area (Å²) in [5, 5.41) is 10.8. The van der Waals surface area contributed by atoms with Crippen LogP contribution in [0.3, 0.4) is 0 Å². The van der Waals surface area contributed by atoms with Gasteiger partial charge in [0.2, 0.25) is 6.04 Å². The van der Waals surface area contributed by atoms with E-state index in [0.717, 1.165) is 12.0 Å². The Balaban J connectivity index is 2.36. The molecule has 0 aliphatic heterocycles. The molecule has 0 fully saturated rings. The van der Waals surface area contributed by atoms with Gasteiger partial charge in [-0.05, 0) is 17.5 Å². The molecule has 0 heterocycles. The number of alkyl halides is 1. The van der Waals surface area contributed by atoms with Gasteiger partial charge in [-0.25, -0.2) is 0 Å². The van der Waals surface area contributed by atoms with Crippen molar-refractivity contribution in [1.29, 1.82) is 0 Å². The second-order valence-corrected chi connectivity index (χ2v) is 4.83. The molecular formula is C10H10INO2. The monoisotopic (exact) mass is 303 g/mol. The van der Waals surface area contributed by atoms with Crippen molar-refractivity contribution in [3.05, 3.63) is 45.5 Å². The van der Waals surface area contributed by atoms with Gasteiger partial charge < -0.3 is 0 Å². The first-order valence-electron chi connectivity index (χ1n) is 4.55. The summed E-state index contributed by atoms with van der Waals surface area (Å²) in [7, 11) is 0. The summed E-state index contributed by atoms with van der Waals surface area (Å²) in [5.74, 6) is 0. The third-order valence-corrected chi connectivity index (χ3v) is 4.17. The number of hydrogen-bond acceptors (Lipinski definition) is 2. The molecule has 0 bridgehead atoms. The lowest BCUT2D eigenvalue weighted by molar-refractivity contribution is -0.523. The molecule has 2 rings (SSSR count). The summed E-state index contributed by atoms with van der Waals surface area (Å²) in [6.07, 6.45) is 1.50. The van der Waals surface area contributed by atoms with E-state index in [1.54, 1.807) is 0 Å². The number of halogens is 1. The summed E-state index contributed by atoms with van der Waals surface area (Å²) in [6.45, 7) is 0. The zero-order valence-electron chi connectivity index (χ0n) is 7.52. The van der Waals surface area contributed by atoms with Crippen LogP contribution < -0.4 is 0 Å². The van der Waals surface area contributed by atoms with Crippen LogP contribution in [-0.2, 0) is 6.42 Å². The van der Waals surface area contributed by atoms with E-state index < -0.39 is 6.04 Å². The summed E-state index contributed by atoms with van der Waals surface area (Å²) in [6, 6.07) is 7.60. The number of fused-ring (bicyclic) bond motifs is 1. The largest absolute Gasteiger partial charge is 0.264 e. The van der Waals surface area contributed by atoms with Crippen molar-refractivity contribution in [3.8, 4) is 0 Å². The van der Waals surface area contributed by atoms with Gasteiger partial charge in [-0.2, -0.15) is 0 Å². The molecular weight excluding hydrogens is 293 g/mol. The average Bonchev–Trinajstić information content (AvgIpc) is 2.18. The van der Waals surface area contributed by atoms with Crippen LogP contribution in [0, 0.1) is 10.1 Å². The van der Waals surface area contributed by atoms with Gasteiger partial charge in [0.1, 0.15) is 3.92 Å². The summed E-state index contributed by atoms with van der Waals surface area (Å²) >= 11 is 2.18. The molecule has 0 saturated carbocycles. The van der Waals surface area contributed by atoms with Gasteiger partial charge in [-0.1, -0.05) is 46.9 Å². The molecule has 0 amide bonds. The maximum absolute atomic E-state index is 10.8. The number of rotatable bonds is 1. The van der Waals surface area contributed by atoms with Gasteiger partial charge >= 0.3 is 0 Å². The van der Waals surface area contributed by atoms with Crippen LogP contribution in [0.5, 0.6) is 0 Å². The average molecular weight is 303 g/mol. The molecule has 2 unspecified atom stereocenters. The molecule has 0 radical (unpaired) electrons. The number of hydrogen-bond donors (Lipinski definition) is 0. The van der Waals surface area contributed by atoms with Crippen molar-refractivity contribution < 1.29 is 4.92 Å². The molecule has 14 heavy (non-hydrogen) atoms. The van der Waals surface area contributed by atoms with Crippen LogP contribution in [0.2, 0.25) is 0 Å². The lowest BCUT2D eigenvalue weighted by Crippen LogP contribution is -2.29. The maximum atomic E-state index is 10.8. The van der Waals surface area contributed by atoms with E-state index in [-0.39, 0.29) is 8.85 Å². The van der Waals surface area contributed by atoms with Crippen LogP contribution in [0.15, 0.2) is 24.3 Å². The van der Waals surface area contributed by atoms with Crippen molar-refractivity contribution in [2.75, 3.05) is 0 Å². The van der Waals surface area contributed by atoms with Gasteiger partial charge in [0.15, 0.2) is 0 Å². The molecule has 1 aliphatic rings. The van der Waals surface area contributed by atoms with Gasteiger partial charge in [-0.3, -0.25) is 10.1 Å². The molecule has 74 valence electrons. The van der Waals surface area contributed by atoms with Gasteiger partial charge in [-0.15, -0.1) is 0 Å². The minimum Gasteiger partial charge on any atom is -0.264 e. The van der Waals surface area contributed by atoms with Crippen LogP contribution in [-0.4, -0.2) is 11.0 Å². The molecule has 3 nitrogen and oxygen atoms in total. The third kappa shape index (κ3) is 1.63. The van der Waals surface area contributed by atoms with E-state index in [1.807, 2.05) is 18.2 Å². The molecule has 4 heteroatoms. The normalized spacial score (nSPS) is 25.5. The van der Waals surface area contributed by atoms with Crippen LogP contribution in [0.25, 0.3) is 0 Å². The van der Waals surface area contributed by atoms with Crippen molar-refractivity contribution in [2.45, 2.75) is 22.8 Å². The Morgan fingerprint density at radius 2 is 2.14 bits per heavy atom. The second-order valence-electron chi connectivity index (χ2n) is 3.49. The van der Waals surface area contributed by atoms with E-state index in [0.29, 0.717) is 6.42 Å². The number of nitro groups is 1. The minimum absolute atomic E-state index is 0.0209. The Kier molecular flexibility index (Phi) is 2.71. The Hall–Kier alpha value is -0.650. The van der Waals surface area contributed by atoms with Crippen LogP contribution >= 0.6 is 22.6 Å². The lowest BCUT2D eigenvalue weighted by atomic mass is 9.89. The summed E-state index contributed by atoms with van der Waals surface area (Å²) < 4.78 is 0.0209. The van der Waals surface area contributed by atoms with E-state index in [9.17, 15) is 10.1 Å². The fourth-order valence-electron chi connectivity index (χ4n) is 1.90. The molecule has 0 spiro atoms. The Morgan fingerprint density at radius 3 is 2.86 bits per heavy atom. The Labute approximate surface area is 95.8 Å². The predicted octanol–water partition coefficient (Wildman–Crippen LogP) is 2.75. The van der Waals surface area contributed by atoms with E-state index in [4.69, 9.17) is 0 Å². The molecule has 1 aromatic rings. The predicted molar refractivity (Wildman–Crippen MR) is 62.3 cm³/mol. The second kappa shape index (κ2) is 3.84. The Morgan fingerprint density at radius 1 is 1.43 bits per heavy atom. The zero-order valence-corrected chi connectivity index (χ0v) is 9.68. The topological polar surface area (TPSA) is 43.1 Å². The van der Waals surface area contributed by atoms with Gasteiger partial charge in [0.25, 0.3) is 0 Å². The van der Waals surface area contributed by atoms with E-state index >= 15 is 0 Å². The van der Waals surface area contributed by atoms with Crippen LogP contribution in [0.1, 0.15) is 21.5 Å². The maximum Gasteiger partial charge on any atom is 0.229 e. The molecule has 1 aliphatic carbocycles. The molecule has 0 N–H and O–H groups in total. The van der Waals surface area contributed by atoms with Gasteiger partial charge in [0, 0.05) is 11.3 Å². The highest BCUT2D eigenvalue weighted by molar-refractivity contribution is 14.1. The number of aryl methyl sites for hydroxylation is 1. The molecule has 0 saturated heterocycles. The third-order valence-electron chi connectivity index (χ3n) is 2.67. The van der Waals surface area contributed by atoms with Crippen LogP contribution in [0.4, 0.5) is 0 Å². The highest BCUT2D eigenvalue weighted by atomic mass is 127. The first-order valence-corrected chi connectivity index (χ1v) is 5.80. The first kappa shape index (κ1) is 9.89. The standard InChI is InChI=1S/C10H10INO2/c11-10-8-4-2-1-3-7(8)5-6-9(10)12(13)14/h1-4,9-10H,5-6H2. The van der Waals surface area contributed by atoms with Crippen molar-refractivity contribution in [2.24, 2.45) is 0 Å². The van der Waals surface area contributed by atoms with Crippen molar-refractivity contribution >= 4 is 22.6 Å². The van der Waals surface area contributed by atoms with Crippen molar-refractivity contribution in [1.82, 2.24) is 0 Å². The number of benzene rings is 1. The summed E-state index contributed by atoms with van der Waals surface area (Å²) in [4.78, 5) is 10.6. The molecule has 2 atom stereocenters. The quantitative estimate of drug-likeness (QED) is 0.346. The first-order chi connectivity index (χ1) is 6.70.